The quantitative estimate of drug-likeness (QED) is 0.841. The smallest absolute Gasteiger partial charge is 0.240 e. The molecule has 0 unspecified atom stereocenters. The highest BCUT2D eigenvalue weighted by atomic mass is 32.2. The van der Waals surface area contributed by atoms with Gasteiger partial charge in [-0.05, 0) is 23.0 Å². The predicted molar refractivity (Wildman–Crippen MR) is 76.2 cm³/mol. The van der Waals surface area contributed by atoms with E-state index in [-0.39, 0.29) is 16.9 Å². The van der Waals surface area contributed by atoms with E-state index in [9.17, 15) is 13.5 Å². The SMILES string of the molecule is CC(C)C(C)(C)CNS(=O)(=O)c1ccccc1CO. The summed E-state index contributed by atoms with van der Waals surface area (Å²) in [7, 11) is -3.58. The van der Waals surface area contributed by atoms with Gasteiger partial charge >= 0.3 is 0 Å². The van der Waals surface area contributed by atoms with E-state index in [1.54, 1.807) is 18.2 Å². The van der Waals surface area contributed by atoms with Crippen molar-refractivity contribution >= 4 is 10.0 Å². The number of sulfonamides is 1. The van der Waals surface area contributed by atoms with Gasteiger partial charge in [-0.2, -0.15) is 0 Å². The molecule has 1 aromatic rings. The molecule has 0 aromatic heterocycles. The van der Waals surface area contributed by atoms with Crippen LogP contribution in [0.4, 0.5) is 0 Å². The third-order valence-electron chi connectivity index (χ3n) is 3.71. The van der Waals surface area contributed by atoms with Gasteiger partial charge in [0.25, 0.3) is 0 Å². The molecule has 0 bridgehead atoms. The lowest BCUT2D eigenvalue weighted by Gasteiger charge is -2.29. The molecule has 19 heavy (non-hydrogen) atoms. The zero-order valence-corrected chi connectivity index (χ0v) is 12.8. The van der Waals surface area contributed by atoms with Crippen LogP contribution >= 0.6 is 0 Å². The summed E-state index contributed by atoms with van der Waals surface area (Å²) in [6, 6.07) is 6.49. The van der Waals surface area contributed by atoms with Crippen LogP contribution in [0.1, 0.15) is 33.3 Å². The average molecular weight is 285 g/mol. The Bertz CT molecular complexity index is 521. The van der Waals surface area contributed by atoms with Crippen LogP contribution in [0.15, 0.2) is 29.2 Å². The Morgan fingerprint density at radius 2 is 1.84 bits per heavy atom. The number of rotatable bonds is 6. The Morgan fingerprint density at radius 3 is 2.37 bits per heavy atom. The Labute approximate surface area is 115 Å². The monoisotopic (exact) mass is 285 g/mol. The van der Waals surface area contributed by atoms with Crippen molar-refractivity contribution in [3.05, 3.63) is 29.8 Å². The zero-order chi connectivity index (χ0) is 14.7. The van der Waals surface area contributed by atoms with E-state index in [1.807, 2.05) is 13.8 Å². The van der Waals surface area contributed by atoms with E-state index < -0.39 is 10.0 Å². The molecule has 0 radical (unpaired) electrons. The van der Waals surface area contributed by atoms with Gasteiger partial charge in [-0.3, -0.25) is 0 Å². The number of hydrogen-bond donors (Lipinski definition) is 2. The molecule has 0 spiro atoms. The first kappa shape index (κ1) is 16.1. The number of aliphatic hydroxyl groups excluding tert-OH is 1. The molecule has 0 fully saturated rings. The minimum Gasteiger partial charge on any atom is -0.392 e. The second-order valence-corrected chi connectivity index (χ2v) is 7.47. The first-order valence-corrected chi connectivity index (χ1v) is 7.87. The zero-order valence-electron chi connectivity index (χ0n) is 12.0. The number of benzene rings is 1. The molecule has 0 aliphatic rings. The van der Waals surface area contributed by atoms with Crippen LogP contribution in [0.2, 0.25) is 0 Å². The lowest BCUT2D eigenvalue weighted by molar-refractivity contribution is 0.252. The van der Waals surface area contributed by atoms with Crippen molar-refractivity contribution in [1.82, 2.24) is 4.72 Å². The third kappa shape index (κ3) is 4.03. The molecule has 5 heteroatoms. The molecule has 4 nitrogen and oxygen atoms in total. The molecule has 0 saturated heterocycles. The largest absolute Gasteiger partial charge is 0.392 e. The van der Waals surface area contributed by atoms with Crippen LogP contribution in [-0.4, -0.2) is 20.1 Å². The minimum atomic E-state index is -3.58. The summed E-state index contributed by atoms with van der Waals surface area (Å²) in [5, 5.41) is 9.21. The van der Waals surface area contributed by atoms with Gasteiger partial charge in [-0.25, -0.2) is 13.1 Å². The molecular weight excluding hydrogens is 262 g/mol. The predicted octanol–water partition coefficient (Wildman–Crippen LogP) is 2.14. The summed E-state index contributed by atoms with van der Waals surface area (Å²) < 4.78 is 27.2. The molecule has 108 valence electrons. The summed E-state index contributed by atoms with van der Waals surface area (Å²) in [5.74, 6) is 0.364. The molecule has 0 saturated carbocycles. The minimum absolute atomic E-state index is 0.124. The molecule has 0 aliphatic heterocycles. The summed E-state index contributed by atoms with van der Waals surface area (Å²) in [4.78, 5) is 0.150. The van der Waals surface area contributed by atoms with Crippen LogP contribution < -0.4 is 4.72 Å². The fourth-order valence-corrected chi connectivity index (χ4v) is 2.91. The first-order valence-electron chi connectivity index (χ1n) is 6.39. The number of hydrogen-bond acceptors (Lipinski definition) is 3. The summed E-state index contributed by atoms with van der Waals surface area (Å²) in [5.41, 5.74) is 0.290. The molecule has 0 atom stereocenters. The van der Waals surface area contributed by atoms with Gasteiger partial charge in [-0.1, -0.05) is 45.9 Å². The summed E-state index contributed by atoms with van der Waals surface area (Å²) in [6.45, 7) is 8.26. The van der Waals surface area contributed by atoms with Crippen LogP contribution in [0, 0.1) is 11.3 Å². The number of aliphatic hydroxyl groups is 1. The average Bonchev–Trinajstić information content (AvgIpc) is 2.36. The molecule has 0 aliphatic carbocycles. The standard InChI is InChI=1S/C14H23NO3S/c1-11(2)14(3,4)10-15-19(17,18)13-8-6-5-7-12(13)9-16/h5-8,11,15-16H,9-10H2,1-4H3. The van der Waals surface area contributed by atoms with Crippen molar-refractivity contribution in [2.75, 3.05) is 6.54 Å². The van der Waals surface area contributed by atoms with Gasteiger partial charge in [0, 0.05) is 6.54 Å². The van der Waals surface area contributed by atoms with Crippen molar-refractivity contribution in [3.8, 4) is 0 Å². The number of nitrogens with one attached hydrogen (secondary N) is 1. The first-order chi connectivity index (χ1) is 8.70. The maximum absolute atomic E-state index is 12.3. The molecule has 0 amide bonds. The second-order valence-electron chi connectivity index (χ2n) is 5.73. The maximum atomic E-state index is 12.3. The highest BCUT2D eigenvalue weighted by Gasteiger charge is 2.26. The van der Waals surface area contributed by atoms with E-state index in [0.717, 1.165) is 0 Å². The fraction of sp³-hybridized carbons (Fsp3) is 0.571. The Balaban J connectivity index is 2.94. The van der Waals surface area contributed by atoms with Crippen LogP contribution in [0.5, 0.6) is 0 Å². The third-order valence-corrected chi connectivity index (χ3v) is 5.21. The van der Waals surface area contributed by atoms with Crippen LogP contribution in [0.25, 0.3) is 0 Å². The molecule has 1 rings (SSSR count). The van der Waals surface area contributed by atoms with Crippen molar-refractivity contribution in [1.29, 1.82) is 0 Å². The van der Waals surface area contributed by atoms with E-state index >= 15 is 0 Å². The van der Waals surface area contributed by atoms with Crippen LogP contribution in [0.3, 0.4) is 0 Å². The lowest BCUT2D eigenvalue weighted by Crippen LogP contribution is -2.37. The van der Waals surface area contributed by atoms with Crippen molar-refractivity contribution in [2.45, 2.75) is 39.2 Å². The fourth-order valence-electron chi connectivity index (χ4n) is 1.46. The van der Waals surface area contributed by atoms with Gasteiger partial charge in [0.1, 0.15) is 0 Å². The van der Waals surface area contributed by atoms with E-state index in [4.69, 9.17) is 0 Å². The molecule has 0 heterocycles. The van der Waals surface area contributed by atoms with Gasteiger partial charge < -0.3 is 5.11 Å². The Kier molecular flexibility index (Phi) is 5.12. The highest BCUT2D eigenvalue weighted by Crippen LogP contribution is 2.25. The normalized spacial score (nSPS) is 12.9. The Morgan fingerprint density at radius 1 is 1.26 bits per heavy atom. The molecule has 2 N–H and O–H groups in total. The van der Waals surface area contributed by atoms with Gasteiger partial charge in [0.15, 0.2) is 0 Å². The summed E-state index contributed by atoms with van der Waals surface area (Å²) >= 11 is 0. The topological polar surface area (TPSA) is 66.4 Å². The van der Waals surface area contributed by atoms with Crippen molar-refractivity contribution < 1.29 is 13.5 Å². The van der Waals surface area contributed by atoms with Crippen LogP contribution in [-0.2, 0) is 16.6 Å². The van der Waals surface area contributed by atoms with Gasteiger partial charge in [0.05, 0.1) is 11.5 Å². The molecular formula is C14H23NO3S. The van der Waals surface area contributed by atoms with Gasteiger partial charge in [0.2, 0.25) is 10.0 Å². The lowest BCUT2D eigenvalue weighted by atomic mass is 9.81. The van der Waals surface area contributed by atoms with E-state index in [1.165, 1.54) is 6.07 Å². The highest BCUT2D eigenvalue weighted by molar-refractivity contribution is 7.89. The second kappa shape index (κ2) is 6.03. The van der Waals surface area contributed by atoms with Crippen molar-refractivity contribution in [3.63, 3.8) is 0 Å². The maximum Gasteiger partial charge on any atom is 0.240 e. The van der Waals surface area contributed by atoms with E-state index in [2.05, 4.69) is 18.6 Å². The summed E-state index contributed by atoms with van der Waals surface area (Å²) in [6.07, 6.45) is 0. The molecule has 1 aromatic carbocycles. The Hall–Kier alpha value is -0.910. The van der Waals surface area contributed by atoms with Gasteiger partial charge in [-0.15, -0.1) is 0 Å². The van der Waals surface area contributed by atoms with Crippen molar-refractivity contribution in [2.24, 2.45) is 11.3 Å². The van der Waals surface area contributed by atoms with E-state index in [0.29, 0.717) is 18.0 Å².